The maximum atomic E-state index is 6.04. The van der Waals surface area contributed by atoms with Crippen LogP contribution in [0.25, 0.3) is 11.2 Å². The third-order valence-corrected chi connectivity index (χ3v) is 5.08. The van der Waals surface area contributed by atoms with Crippen LogP contribution in [-0.2, 0) is 6.54 Å². The molecule has 18 heavy (non-hydrogen) atoms. The third-order valence-electron chi connectivity index (χ3n) is 3.55. The normalized spacial score (nSPS) is 23.9. The van der Waals surface area contributed by atoms with Crippen LogP contribution < -0.4 is 5.73 Å². The van der Waals surface area contributed by atoms with Gasteiger partial charge >= 0.3 is 0 Å². The van der Waals surface area contributed by atoms with Crippen molar-refractivity contribution in [3.05, 3.63) is 17.8 Å². The predicted octanol–water partition coefficient (Wildman–Crippen LogP) is 2.61. The fourth-order valence-corrected chi connectivity index (χ4v) is 3.86. The molecular formula is C13H18N4S. The van der Waals surface area contributed by atoms with Crippen LogP contribution in [0.5, 0.6) is 0 Å². The van der Waals surface area contributed by atoms with Crippen molar-refractivity contribution in [2.75, 3.05) is 11.5 Å². The number of hydrogen-bond acceptors (Lipinski definition) is 4. The summed E-state index contributed by atoms with van der Waals surface area (Å²) in [4.78, 5) is 8.98. The molecular weight excluding hydrogens is 244 g/mol. The van der Waals surface area contributed by atoms with Crippen LogP contribution in [0, 0.1) is 6.92 Å². The lowest BCUT2D eigenvalue weighted by Crippen LogP contribution is -2.24. The highest BCUT2D eigenvalue weighted by molar-refractivity contribution is 8.00. The van der Waals surface area contributed by atoms with Gasteiger partial charge in [-0.05, 0) is 44.6 Å². The van der Waals surface area contributed by atoms with Gasteiger partial charge in [0, 0.05) is 17.0 Å². The summed E-state index contributed by atoms with van der Waals surface area (Å²) >= 11 is 2.03. The van der Waals surface area contributed by atoms with Crippen molar-refractivity contribution in [2.24, 2.45) is 0 Å². The molecule has 1 aliphatic rings. The molecule has 0 spiro atoms. The van der Waals surface area contributed by atoms with Gasteiger partial charge in [-0.3, -0.25) is 4.57 Å². The first-order chi connectivity index (χ1) is 8.57. The molecule has 2 aromatic heterocycles. The molecule has 5 heteroatoms. The van der Waals surface area contributed by atoms with Gasteiger partial charge in [-0.2, -0.15) is 11.8 Å². The van der Waals surface area contributed by atoms with Gasteiger partial charge < -0.3 is 5.73 Å². The van der Waals surface area contributed by atoms with Crippen molar-refractivity contribution in [1.29, 1.82) is 0 Å². The number of fused-ring (bicyclic) bond motifs is 1. The van der Waals surface area contributed by atoms with Crippen LogP contribution in [0.3, 0.4) is 0 Å². The molecule has 2 aromatic rings. The fraction of sp³-hybridized carbons (Fsp3) is 0.538. The number of anilines is 1. The summed E-state index contributed by atoms with van der Waals surface area (Å²) in [7, 11) is 0. The Kier molecular flexibility index (Phi) is 2.73. The van der Waals surface area contributed by atoms with Gasteiger partial charge in [0.05, 0.1) is 0 Å². The zero-order valence-electron chi connectivity index (χ0n) is 10.8. The van der Waals surface area contributed by atoms with Gasteiger partial charge in [-0.1, -0.05) is 0 Å². The minimum Gasteiger partial charge on any atom is -0.369 e. The van der Waals surface area contributed by atoms with Crippen LogP contribution in [0.1, 0.15) is 25.5 Å². The number of nitrogens with zero attached hydrogens (tertiary/aromatic N) is 3. The molecule has 1 aliphatic heterocycles. The Morgan fingerprint density at radius 2 is 2.28 bits per heavy atom. The second-order valence-electron chi connectivity index (χ2n) is 5.25. The number of rotatable bonds is 2. The SMILES string of the molecule is Cc1ccc2nc(N)n(CC3(C)CCCS3)c2n1. The maximum absolute atomic E-state index is 6.04. The lowest BCUT2D eigenvalue weighted by molar-refractivity contribution is 0.520. The Labute approximate surface area is 111 Å². The lowest BCUT2D eigenvalue weighted by Gasteiger charge is -2.23. The number of nitrogens with two attached hydrogens (primary N) is 1. The molecule has 3 rings (SSSR count). The van der Waals surface area contributed by atoms with E-state index in [2.05, 4.69) is 21.5 Å². The average molecular weight is 262 g/mol. The van der Waals surface area contributed by atoms with Crippen molar-refractivity contribution in [3.8, 4) is 0 Å². The van der Waals surface area contributed by atoms with Gasteiger partial charge in [0.15, 0.2) is 5.65 Å². The summed E-state index contributed by atoms with van der Waals surface area (Å²) in [6.45, 7) is 5.21. The highest BCUT2D eigenvalue weighted by atomic mass is 32.2. The van der Waals surface area contributed by atoms with Crippen molar-refractivity contribution >= 4 is 28.9 Å². The second kappa shape index (κ2) is 4.16. The first-order valence-corrected chi connectivity index (χ1v) is 7.29. The smallest absolute Gasteiger partial charge is 0.202 e. The van der Waals surface area contributed by atoms with E-state index in [4.69, 9.17) is 5.73 Å². The van der Waals surface area contributed by atoms with Gasteiger partial charge in [-0.25, -0.2) is 9.97 Å². The largest absolute Gasteiger partial charge is 0.369 e. The van der Waals surface area contributed by atoms with Crippen LogP contribution in [-0.4, -0.2) is 25.0 Å². The predicted molar refractivity (Wildman–Crippen MR) is 76.8 cm³/mol. The van der Waals surface area contributed by atoms with Crippen molar-refractivity contribution in [2.45, 2.75) is 38.0 Å². The summed E-state index contributed by atoms with van der Waals surface area (Å²) in [6.07, 6.45) is 2.53. The molecule has 0 aliphatic carbocycles. The standard InChI is InChI=1S/C13H18N4S/c1-9-4-5-10-11(15-9)17(12(14)16-10)8-13(2)6-3-7-18-13/h4-5H,3,6-8H2,1-2H3,(H2,14,16). The number of nitrogen functional groups attached to an aromatic ring is 1. The van der Waals surface area contributed by atoms with E-state index in [1.807, 2.05) is 30.8 Å². The Hall–Kier alpha value is -1.23. The van der Waals surface area contributed by atoms with Crippen LogP contribution in [0.4, 0.5) is 5.95 Å². The van der Waals surface area contributed by atoms with Gasteiger partial charge in [0.25, 0.3) is 0 Å². The van der Waals surface area contributed by atoms with Gasteiger partial charge in [0.2, 0.25) is 5.95 Å². The topological polar surface area (TPSA) is 56.7 Å². The number of aromatic nitrogens is 3. The van der Waals surface area contributed by atoms with Crippen LogP contribution in [0.15, 0.2) is 12.1 Å². The van der Waals surface area contributed by atoms with Crippen molar-refractivity contribution in [1.82, 2.24) is 14.5 Å². The van der Waals surface area contributed by atoms with E-state index in [-0.39, 0.29) is 4.75 Å². The number of aryl methyl sites for hydroxylation is 1. The number of pyridine rings is 1. The lowest BCUT2D eigenvalue weighted by atomic mass is 10.1. The monoisotopic (exact) mass is 262 g/mol. The molecule has 1 saturated heterocycles. The summed E-state index contributed by atoms with van der Waals surface area (Å²) in [5.41, 5.74) is 8.86. The van der Waals surface area contributed by atoms with E-state index in [9.17, 15) is 0 Å². The van der Waals surface area contributed by atoms with Gasteiger partial charge in [0.1, 0.15) is 5.52 Å². The summed E-state index contributed by atoms with van der Waals surface area (Å²) < 4.78 is 2.34. The fourth-order valence-electron chi connectivity index (χ4n) is 2.57. The zero-order chi connectivity index (χ0) is 12.8. The molecule has 0 radical (unpaired) electrons. The quantitative estimate of drug-likeness (QED) is 0.904. The Balaban J connectivity index is 2.05. The Morgan fingerprint density at radius 1 is 1.44 bits per heavy atom. The van der Waals surface area contributed by atoms with Crippen LogP contribution >= 0.6 is 11.8 Å². The molecule has 0 amide bonds. The molecule has 0 saturated carbocycles. The molecule has 0 bridgehead atoms. The van der Waals surface area contributed by atoms with E-state index in [0.717, 1.165) is 23.4 Å². The van der Waals surface area contributed by atoms with E-state index < -0.39 is 0 Å². The second-order valence-corrected chi connectivity index (χ2v) is 6.94. The Bertz CT molecular complexity index is 584. The number of thioether (sulfide) groups is 1. The first kappa shape index (κ1) is 11.8. The maximum Gasteiger partial charge on any atom is 0.202 e. The molecule has 3 heterocycles. The van der Waals surface area contributed by atoms with Gasteiger partial charge in [-0.15, -0.1) is 0 Å². The summed E-state index contributed by atoms with van der Waals surface area (Å²) in [6, 6.07) is 3.97. The minimum atomic E-state index is 0.271. The first-order valence-electron chi connectivity index (χ1n) is 6.31. The highest BCUT2D eigenvalue weighted by Crippen LogP contribution is 2.39. The summed E-state index contributed by atoms with van der Waals surface area (Å²) in [5, 5.41) is 0. The van der Waals surface area contributed by atoms with E-state index in [1.54, 1.807) is 0 Å². The molecule has 1 atom stereocenters. The molecule has 96 valence electrons. The summed E-state index contributed by atoms with van der Waals surface area (Å²) in [5.74, 6) is 1.83. The molecule has 4 nitrogen and oxygen atoms in total. The van der Waals surface area contributed by atoms with E-state index >= 15 is 0 Å². The van der Waals surface area contributed by atoms with Crippen molar-refractivity contribution < 1.29 is 0 Å². The van der Waals surface area contributed by atoms with E-state index in [1.165, 1.54) is 18.6 Å². The Morgan fingerprint density at radius 3 is 3.00 bits per heavy atom. The molecule has 1 unspecified atom stereocenters. The minimum absolute atomic E-state index is 0.271. The van der Waals surface area contributed by atoms with Crippen LogP contribution in [0.2, 0.25) is 0 Å². The molecule has 1 fully saturated rings. The third kappa shape index (κ3) is 1.96. The van der Waals surface area contributed by atoms with Crippen molar-refractivity contribution in [3.63, 3.8) is 0 Å². The van der Waals surface area contributed by atoms with E-state index in [0.29, 0.717) is 5.95 Å². The number of hydrogen-bond donors (Lipinski definition) is 1. The average Bonchev–Trinajstić information content (AvgIpc) is 2.86. The molecule has 2 N–H and O–H groups in total. The molecule has 0 aromatic carbocycles. The zero-order valence-corrected chi connectivity index (χ0v) is 11.6. The highest BCUT2D eigenvalue weighted by Gasteiger charge is 2.31. The number of imidazole rings is 1.